The van der Waals surface area contributed by atoms with E-state index in [1.165, 1.54) is 17.8 Å². The molecule has 1 aromatic rings. The highest BCUT2D eigenvalue weighted by Crippen LogP contribution is 2.24. The van der Waals surface area contributed by atoms with E-state index in [2.05, 4.69) is 5.32 Å². The SMILES string of the molecule is CNCc1c(F)cccc1SCCO. The van der Waals surface area contributed by atoms with Crippen LogP contribution >= 0.6 is 11.8 Å². The van der Waals surface area contributed by atoms with Gasteiger partial charge in [0.15, 0.2) is 0 Å². The normalized spacial score (nSPS) is 10.5. The Morgan fingerprint density at radius 2 is 2.29 bits per heavy atom. The Balaban J connectivity index is 2.83. The summed E-state index contributed by atoms with van der Waals surface area (Å²) in [7, 11) is 1.78. The molecule has 2 N–H and O–H groups in total. The molecule has 0 unspecified atom stereocenters. The second-order valence-electron chi connectivity index (χ2n) is 2.82. The van der Waals surface area contributed by atoms with Crippen LogP contribution in [-0.4, -0.2) is 24.5 Å². The second-order valence-corrected chi connectivity index (χ2v) is 3.96. The lowest BCUT2D eigenvalue weighted by Gasteiger charge is -2.08. The van der Waals surface area contributed by atoms with Crippen LogP contribution in [0.25, 0.3) is 0 Å². The Kier molecular flexibility index (Phi) is 4.93. The van der Waals surface area contributed by atoms with Crippen LogP contribution in [0.4, 0.5) is 4.39 Å². The monoisotopic (exact) mass is 215 g/mol. The number of halogens is 1. The Morgan fingerprint density at radius 3 is 2.93 bits per heavy atom. The molecule has 1 aromatic carbocycles. The van der Waals surface area contributed by atoms with Gasteiger partial charge in [-0.1, -0.05) is 6.07 Å². The van der Waals surface area contributed by atoms with Crippen molar-refractivity contribution in [3.63, 3.8) is 0 Å². The zero-order valence-corrected chi connectivity index (χ0v) is 8.90. The molecule has 0 radical (unpaired) electrons. The summed E-state index contributed by atoms with van der Waals surface area (Å²) in [6.45, 7) is 0.626. The fourth-order valence-corrected chi connectivity index (χ4v) is 2.01. The van der Waals surface area contributed by atoms with Gasteiger partial charge in [-0.05, 0) is 19.2 Å². The summed E-state index contributed by atoms with van der Waals surface area (Å²) in [6.07, 6.45) is 0. The minimum absolute atomic E-state index is 0.111. The van der Waals surface area contributed by atoms with E-state index in [0.717, 1.165) is 4.90 Å². The highest BCUT2D eigenvalue weighted by atomic mass is 32.2. The molecular weight excluding hydrogens is 201 g/mol. The molecule has 0 amide bonds. The van der Waals surface area contributed by atoms with Gasteiger partial charge in [-0.3, -0.25) is 0 Å². The van der Waals surface area contributed by atoms with Gasteiger partial charge in [0.25, 0.3) is 0 Å². The third-order valence-electron chi connectivity index (χ3n) is 1.78. The first-order chi connectivity index (χ1) is 6.79. The quantitative estimate of drug-likeness (QED) is 0.732. The summed E-state index contributed by atoms with van der Waals surface area (Å²) in [4.78, 5) is 0.897. The molecule has 0 saturated carbocycles. The highest BCUT2D eigenvalue weighted by Gasteiger charge is 2.07. The van der Waals surface area contributed by atoms with Gasteiger partial charge in [0, 0.05) is 22.8 Å². The van der Waals surface area contributed by atoms with Crippen LogP contribution in [-0.2, 0) is 6.54 Å². The lowest BCUT2D eigenvalue weighted by molar-refractivity contribution is 0.322. The van der Waals surface area contributed by atoms with Crippen LogP contribution in [0.2, 0.25) is 0 Å². The number of aliphatic hydroxyl groups excluding tert-OH is 1. The van der Waals surface area contributed by atoms with Gasteiger partial charge in [0.2, 0.25) is 0 Å². The van der Waals surface area contributed by atoms with Crippen LogP contribution in [0, 0.1) is 5.82 Å². The third-order valence-corrected chi connectivity index (χ3v) is 2.86. The van der Waals surface area contributed by atoms with Gasteiger partial charge in [-0.15, -0.1) is 11.8 Å². The van der Waals surface area contributed by atoms with Crippen molar-refractivity contribution in [3.05, 3.63) is 29.6 Å². The minimum atomic E-state index is -0.192. The maximum Gasteiger partial charge on any atom is 0.128 e. The van der Waals surface area contributed by atoms with Gasteiger partial charge in [-0.25, -0.2) is 4.39 Å². The van der Waals surface area contributed by atoms with Crippen molar-refractivity contribution in [2.45, 2.75) is 11.4 Å². The average Bonchev–Trinajstić information content (AvgIpc) is 2.19. The smallest absolute Gasteiger partial charge is 0.128 e. The van der Waals surface area contributed by atoms with Crippen molar-refractivity contribution in [2.24, 2.45) is 0 Å². The van der Waals surface area contributed by atoms with E-state index in [4.69, 9.17) is 5.11 Å². The molecule has 0 heterocycles. The third kappa shape index (κ3) is 2.97. The number of hydrogen-bond donors (Lipinski definition) is 2. The molecule has 4 heteroatoms. The molecule has 0 aromatic heterocycles. The molecule has 2 nitrogen and oxygen atoms in total. The molecule has 0 bridgehead atoms. The maximum atomic E-state index is 13.3. The summed E-state index contributed by atoms with van der Waals surface area (Å²) in [5, 5.41) is 11.6. The molecular formula is C10H14FNOS. The number of nitrogens with one attached hydrogen (secondary N) is 1. The summed E-state index contributed by atoms with van der Waals surface area (Å²) in [5.41, 5.74) is 0.674. The number of thioether (sulfide) groups is 1. The molecule has 0 fully saturated rings. The standard InChI is InChI=1S/C10H14FNOS/c1-12-7-8-9(11)3-2-4-10(8)14-6-5-13/h2-4,12-13H,5-7H2,1H3. The lowest BCUT2D eigenvalue weighted by atomic mass is 10.2. The second kappa shape index (κ2) is 6.01. The van der Waals surface area contributed by atoms with E-state index < -0.39 is 0 Å². The van der Waals surface area contributed by atoms with Crippen molar-refractivity contribution in [1.29, 1.82) is 0 Å². The average molecular weight is 215 g/mol. The Bertz CT molecular complexity index is 293. The zero-order chi connectivity index (χ0) is 10.4. The summed E-state index contributed by atoms with van der Waals surface area (Å²) in [6, 6.07) is 5.01. The predicted octanol–water partition coefficient (Wildman–Crippen LogP) is 1.63. The van der Waals surface area contributed by atoms with Gasteiger partial charge in [0.1, 0.15) is 5.82 Å². The van der Waals surface area contributed by atoms with E-state index in [0.29, 0.717) is 17.9 Å². The van der Waals surface area contributed by atoms with Gasteiger partial charge in [-0.2, -0.15) is 0 Å². The molecule has 0 aliphatic rings. The molecule has 0 aliphatic heterocycles. The maximum absolute atomic E-state index is 13.3. The van der Waals surface area contributed by atoms with Crippen molar-refractivity contribution in [3.8, 4) is 0 Å². The summed E-state index contributed by atoms with van der Waals surface area (Å²) < 4.78 is 13.3. The first kappa shape index (κ1) is 11.5. The van der Waals surface area contributed by atoms with Gasteiger partial charge in [0.05, 0.1) is 6.61 Å². The molecule has 14 heavy (non-hydrogen) atoms. The molecule has 0 aliphatic carbocycles. The number of benzene rings is 1. The van der Waals surface area contributed by atoms with Crippen LogP contribution in [0.15, 0.2) is 23.1 Å². The van der Waals surface area contributed by atoms with Crippen LogP contribution in [0.1, 0.15) is 5.56 Å². The van der Waals surface area contributed by atoms with E-state index in [9.17, 15) is 4.39 Å². The number of aliphatic hydroxyl groups is 1. The first-order valence-corrected chi connectivity index (χ1v) is 5.43. The Labute approximate surface area is 87.5 Å². The van der Waals surface area contributed by atoms with Crippen LogP contribution in [0.5, 0.6) is 0 Å². The number of hydrogen-bond acceptors (Lipinski definition) is 3. The molecule has 0 saturated heterocycles. The van der Waals surface area contributed by atoms with Gasteiger partial charge < -0.3 is 10.4 Å². The first-order valence-electron chi connectivity index (χ1n) is 4.45. The highest BCUT2D eigenvalue weighted by molar-refractivity contribution is 7.99. The summed E-state index contributed by atoms with van der Waals surface area (Å²) >= 11 is 1.47. The van der Waals surface area contributed by atoms with Crippen molar-refractivity contribution < 1.29 is 9.50 Å². The molecule has 78 valence electrons. The predicted molar refractivity (Wildman–Crippen MR) is 57.0 cm³/mol. The van der Waals surface area contributed by atoms with E-state index in [1.807, 2.05) is 6.07 Å². The van der Waals surface area contributed by atoms with E-state index in [1.54, 1.807) is 13.1 Å². The molecule has 0 atom stereocenters. The Hall–Kier alpha value is -0.580. The van der Waals surface area contributed by atoms with E-state index >= 15 is 0 Å². The van der Waals surface area contributed by atoms with Crippen molar-refractivity contribution >= 4 is 11.8 Å². The zero-order valence-electron chi connectivity index (χ0n) is 8.09. The minimum Gasteiger partial charge on any atom is -0.396 e. The Morgan fingerprint density at radius 1 is 1.50 bits per heavy atom. The molecule has 1 rings (SSSR count). The van der Waals surface area contributed by atoms with Crippen LogP contribution in [0.3, 0.4) is 0 Å². The summed E-state index contributed by atoms with van der Waals surface area (Å²) in [5.74, 6) is 0.405. The molecule has 0 spiro atoms. The fourth-order valence-electron chi connectivity index (χ4n) is 1.18. The topological polar surface area (TPSA) is 32.3 Å². The largest absolute Gasteiger partial charge is 0.396 e. The number of rotatable bonds is 5. The van der Waals surface area contributed by atoms with E-state index in [-0.39, 0.29) is 12.4 Å². The van der Waals surface area contributed by atoms with Crippen LogP contribution < -0.4 is 5.32 Å². The van der Waals surface area contributed by atoms with Crippen molar-refractivity contribution in [2.75, 3.05) is 19.4 Å². The van der Waals surface area contributed by atoms with Crippen molar-refractivity contribution in [1.82, 2.24) is 5.32 Å². The fraction of sp³-hybridized carbons (Fsp3) is 0.400. The van der Waals surface area contributed by atoms with Gasteiger partial charge >= 0.3 is 0 Å². The lowest BCUT2D eigenvalue weighted by Crippen LogP contribution is -2.08.